The summed E-state index contributed by atoms with van der Waals surface area (Å²) in [7, 11) is -2.01. The summed E-state index contributed by atoms with van der Waals surface area (Å²) in [6.45, 7) is 10.3. The van der Waals surface area contributed by atoms with Gasteiger partial charge in [-0.25, -0.2) is 8.42 Å². The number of ether oxygens (including phenoxy) is 1. The van der Waals surface area contributed by atoms with Crippen LogP contribution in [0.3, 0.4) is 0 Å². The lowest BCUT2D eigenvalue weighted by atomic mass is 9.94. The SMILES string of the molecule is CCC(CC)N(CCOC)C(=O)c1cccc(S(=O)(=O)N2CC(C)CC(C)C2)c1. The van der Waals surface area contributed by atoms with Gasteiger partial charge in [0.25, 0.3) is 5.91 Å². The molecule has 0 aromatic heterocycles. The van der Waals surface area contributed by atoms with E-state index in [1.54, 1.807) is 34.5 Å². The van der Waals surface area contributed by atoms with Gasteiger partial charge >= 0.3 is 0 Å². The van der Waals surface area contributed by atoms with Crippen LogP contribution < -0.4 is 0 Å². The molecule has 0 bridgehead atoms. The fourth-order valence-electron chi connectivity index (χ4n) is 4.28. The Bertz CT molecular complexity index is 767. The van der Waals surface area contributed by atoms with Gasteiger partial charge in [0.05, 0.1) is 11.5 Å². The van der Waals surface area contributed by atoms with Gasteiger partial charge in [-0.3, -0.25) is 4.79 Å². The number of rotatable bonds is 9. The minimum atomic E-state index is -3.62. The van der Waals surface area contributed by atoms with Crippen LogP contribution in [0.1, 0.15) is 57.3 Å². The van der Waals surface area contributed by atoms with Crippen molar-refractivity contribution in [2.75, 3.05) is 33.4 Å². The van der Waals surface area contributed by atoms with E-state index in [2.05, 4.69) is 27.7 Å². The maximum Gasteiger partial charge on any atom is 0.254 e. The fraction of sp³-hybridized carbons (Fsp3) is 0.682. The van der Waals surface area contributed by atoms with E-state index in [0.29, 0.717) is 43.6 Å². The molecule has 0 radical (unpaired) electrons. The van der Waals surface area contributed by atoms with Crippen LogP contribution in [-0.2, 0) is 14.8 Å². The number of nitrogens with zero attached hydrogens (tertiary/aromatic N) is 2. The molecule has 1 aliphatic rings. The lowest BCUT2D eigenvalue weighted by molar-refractivity contribution is 0.0589. The zero-order chi connectivity index (χ0) is 21.6. The molecular weight excluding hydrogens is 388 g/mol. The normalized spacial score (nSPS) is 20.8. The number of piperidine rings is 1. The monoisotopic (exact) mass is 424 g/mol. The molecule has 164 valence electrons. The Morgan fingerprint density at radius 2 is 1.83 bits per heavy atom. The summed E-state index contributed by atoms with van der Waals surface area (Å²) in [5.74, 6) is 0.517. The van der Waals surface area contributed by atoms with Crippen LogP contribution in [0.15, 0.2) is 29.2 Å². The summed E-state index contributed by atoms with van der Waals surface area (Å²) in [6.07, 6.45) is 2.72. The summed E-state index contributed by atoms with van der Waals surface area (Å²) < 4.78 is 33.2. The molecule has 1 aromatic carbocycles. The van der Waals surface area contributed by atoms with Crippen LogP contribution in [0, 0.1) is 11.8 Å². The van der Waals surface area contributed by atoms with Crippen molar-refractivity contribution in [2.45, 2.75) is 57.9 Å². The van der Waals surface area contributed by atoms with Gasteiger partial charge in [0, 0.05) is 38.3 Å². The second-order valence-electron chi connectivity index (χ2n) is 8.26. The average molecular weight is 425 g/mol. The van der Waals surface area contributed by atoms with Gasteiger partial charge in [-0.1, -0.05) is 33.8 Å². The molecule has 2 atom stereocenters. The second kappa shape index (κ2) is 10.5. The third-order valence-corrected chi connectivity index (χ3v) is 7.56. The lowest BCUT2D eigenvalue weighted by Crippen LogP contribution is -2.43. The first-order chi connectivity index (χ1) is 13.7. The Kier molecular flexibility index (Phi) is 8.67. The Balaban J connectivity index is 2.32. The van der Waals surface area contributed by atoms with Crippen molar-refractivity contribution in [3.05, 3.63) is 29.8 Å². The summed E-state index contributed by atoms with van der Waals surface area (Å²) in [6, 6.07) is 6.58. The number of carbonyl (C=O) groups excluding carboxylic acids is 1. The zero-order valence-electron chi connectivity index (χ0n) is 18.4. The molecule has 0 saturated carbocycles. The summed E-state index contributed by atoms with van der Waals surface area (Å²) >= 11 is 0. The molecule has 1 aromatic rings. The van der Waals surface area contributed by atoms with E-state index >= 15 is 0 Å². The molecule has 2 rings (SSSR count). The number of amides is 1. The molecular formula is C22H36N2O4S. The number of sulfonamides is 1. The zero-order valence-corrected chi connectivity index (χ0v) is 19.2. The molecule has 0 N–H and O–H groups in total. The van der Waals surface area contributed by atoms with Crippen LogP contribution in [0.25, 0.3) is 0 Å². The summed E-state index contributed by atoms with van der Waals surface area (Å²) in [4.78, 5) is 15.2. The van der Waals surface area contributed by atoms with Crippen LogP contribution in [0.2, 0.25) is 0 Å². The quantitative estimate of drug-likeness (QED) is 0.607. The van der Waals surface area contributed by atoms with Gasteiger partial charge in [-0.15, -0.1) is 0 Å². The van der Waals surface area contributed by atoms with Gasteiger partial charge in [-0.05, 0) is 49.3 Å². The Labute approximate surface area is 176 Å². The highest BCUT2D eigenvalue weighted by Crippen LogP contribution is 2.27. The maximum absolute atomic E-state index is 13.2. The molecule has 1 amide bonds. The third-order valence-electron chi connectivity index (χ3n) is 5.73. The molecule has 1 fully saturated rings. The van der Waals surface area contributed by atoms with E-state index < -0.39 is 10.0 Å². The summed E-state index contributed by atoms with van der Waals surface area (Å²) in [5, 5.41) is 0. The minimum Gasteiger partial charge on any atom is -0.383 e. The Hall–Kier alpha value is -1.44. The molecule has 0 spiro atoms. The van der Waals surface area contributed by atoms with Crippen molar-refractivity contribution >= 4 is 15.9 Å². The molecule has 6 nitrogen and oxygen atoms in total. The van der Waals surface area contributed by atoms with E-state index in [9.17, 15) is 13.2 Å². The molecule has 1 saturated heterocycles. The predicted octanol–water partition coefficient (Wildman–Crippen LogP) is 3.63. The minimum absolute atomic E-state index is 0.0988. The van der Waals surface area contributed by atoms with Gasteiger partial charge < -0.3 is 9.64 Å². The molecule has 29 heavy (non-hydrogen) atoms. The van der Waals surface area contributed by atoms with Crippen LogP contribution in [0.4, 0.5) is 0 Å². The number of hydrogen-bond acceptors (Lipinski definition) is 4. The van der Waals surface area contributed by atoms with Crippen molar-refractivity contribution in [2.24, 2.45) is 11.8 Å². The van der Waals surface area contributed by atoms with E-state index in [0.717, 1.165) is 19.3 Å². The van der Waals surface area contributed by atoms with Crippen molar-refractivity contribution < 1.29 is 17.9 Å². The van der Waals surface area contributed by atoms with E-state index in [1.807, 2.05) is 0 Å². The highest BCUT2D eigenvalue weighted by Gasteiger charge is 2.32. The van der Waals surface area contributed by atoms with Gasteiger partial charge in [0.15, 0.2) is 0 Å². The number of hydrogen-bond donors (Lipinski definition) is 0. The smallest absolute Gasteiger partial charge is 0.254 e. The highest BCUT2D eigenvalue weighted by molar-refractivity contribution is 7.89. The van der Waals surface area contributed by atoms with E-state index in [1.165, 1.54) is 6.07 Å². The highest BCUT2D eigenvalue weighted by atomic mass is 32.2. The first-order valence-electron chi connectivity index (χ1n) is 10.6. The predicted molar refractivity (Wildman–Crippen MR) is 115 cm³/mol. The van der Waals surface area contributed by atoms with E-state index in [-0.39, 0.29) is 16.8 Å². The maximum atomic E-state index is 13.2. The van der Waals surface area contributed by atoms with Crippen molar-refractivity contribution in [1.29, 1.82) is 0 Å². The first kappa shape index (κ1) is 23.8. The number of carbonyl (C=O) groups is 1. The molecule has 7 heteroatoms. The number of methoxy groups -OCH3 is 1. The second-order valence-corrected chi connectivity index (χ2v) is 10.2. The Morgan fingerprint density at radius 1 is 1.21 bits per heavy atom. The Morgan fingerprint density at radius 3 is 2.38 bits per heavy atom. The van der Waals surface area contributed by atoms with Crippen molar-refractivity contribution in [1.82, 2.24) is 9.21 Å². The van der Waals surface area contributed by atoms with Gasteiger partial charge in [0.1, 0.15) is 0 Å². The standard InChI is InChI=1S/C22H36N2O4S/c1-6-20(7-2)24(11-12-28-5)22(25)19-9-8-10-21(14-19)29(26,27)23-15-17(3)13-18(4)16-23/h8-10,14,17-18,20H,6-7,11-13,15-16H2,1-5H3. The average Bonchev–Trinajstić information content (AvgIpc) is 2.70. The van der Waals surface area contributed by atoms with Crippen molar-refractivity contribution in [3.63, 3.8) is 0 Å². The number of benzene rings is 1. The lowest BCUT2D eigenvalue weighted by Gasteiger charge is -2.34. The van der Waals surface area contributed by atoms with Crippen LogP contribution in [0.5, 0.6) is 0 Å². The van der Waals surface area contributed by atoms with Gasteiger partial charge in [0.2, 0.25) is 10.0 Å². The molecule has 1 aliphatic heterocycles. The van der Waals surface area contributed by atoms with Crippen LogP contribution in [-0.4, -0.2) is 62.9 Å². The largest absolute Gasteiger partial charge is 0.383 e. The third kappa shape index (κ3) is 5.80. The van der Waals surface area contributed by atoms with Crippen LogP contribution >= 0.6 is 0 Å². The molecule has 2 unspecified atom stereocenters. The first-order valence-corrected chi connectivity index (χ1v) is 12.1. The fourth-order valence-corrected chi connectivity index (χ4v) is 6.00. The van der Waals surface area contributed by atoms with E-state index in [4.69, 9.17) is 4.74 Å². The molecule has 1 heterocycles. The van der Waals surface area contributed by atoms with Gasteiger partial charge in [-0.2, -0.15) is 4.31 Å². The van der Waals surface area contributed by atoms with Crippen molar-refractivity contribution in [3.8, 4) is 0 Å². The molecule has 0 aliphatic carbocycles. The summed E-state index contributed by atoms with van der Waals surface area (Å²) in [5.41, 5.74) is 0.409. The topological polar surface area (TPSA) is 66.9 Å².